The second-order valence-corrected chi connectivity index (χ2v) is 6.92. The topological polar surface area (TPSA) is 45.3 Å². The van der Waals surface area contributed by atoms with Crippen molar-refractivity contribution in [2.75, 3.05) is 6.54 Å². The van der Waals surface area contributed by atoms with Crippen molar-refractivity contribution < 1.29 is 9.53 Å². The van der Waals surface area contributed by atoms with Gasteiger partial charge in [0.05, 0.1) is 0 Å². The molecule has 0 radical (unpaired) electrons. The Hall–Kier alpha value is -1.81. The third-order valence-electron chi connectivity index (χ3n) is 4.39. The molecular formula is C20H30N2O2. The lowest BCUT2D eigenvalue weighted by atomic mass is 10.1. The average Bonchev–Trinajstić information content (AvgIpc) is 2.89. The molecule has 0 bridgehead atoms. The van der Waals surface area contributed by atoms with Crippen LogP contribution in [0.5, 0.6) is 5.75 Å². The number of H-pyrrole nitrogens is 1. The summed E-state index contributed by atoms with van der Waals surface area (Å²) in [5, 5.41) is 1.14. The quantitative estimate of drug-likeness (QED) is 0.571. The number of rotatable bonds is 8. The van der Waals surface area contributed by atoms with E-state index in [0.29, 0.717) is 24.3 Å². The SMILES string of the molecule is CCCC(=O)Oc1ccc2[nH]cc(CCN(C(C)C)C(C)C)c2c1. The summed E-state index contributed by atoms with van der Waals surface area (Å²) in [6, 6.07) is 6.87. The largest absolute Gasteiger partial charge is 0.427 e. The van der Waals surface area contributed by atoms with E-state index >= 15 is 0 Å². The Morgan fingerprint density at radius 2 is 1.92 bits per heavy atom. The fraction of sp³-hybridized carbons (Fsp3) is 0.550. The summed E-state index contributed by atoms with van der Waals surface area (Å²) in [5.74, 6) is 0.464. The second-order valence-electron chi connectivity index (χ2n) is 6.92. The zero-order valence-corrected chi connectivity index (χ0v) is 15.6. The van der Waals surface area contributed by atoms with Gasteiger partial charge in [-0.25, -0.2) is 0 Å². The van der Waals surface area contributed by atoms with E-state index < -0.39 is 0 Å². The summed E-state index contributed by atoms with van der Waals surface area (Å²) < 4.78 is 5.43. The van der Waals surface area contributed by atoms with Crippen molar-refractivity contribution in [3.63, 3.8) is 0 Å². The van der Waals surface area contributed by atoms with Gasteiger partial charge in [-0.1, -0.05) is 6.92 Å². The smallest absolute Gasteiger partial charge is 0.311 e. The number of benzene rings is 1. The maximum atomic E-state index is 11.7. The molecule has 2 aromatic rings. The van der Waals surface area contributed by atoms with E-state index in [9.17, 15) is 4.79 Å². The zero-order valence-electron chi connectivity index (χ0n) is 15.6. The number of hydrogen-bond donors (Lipinski definition) is 1. The molecule has 1 aromatic carbocycles. The number of esters is 1. The molecule has 1 heterocycles. The number of carbonyl (C=O) groups excluding carboxylic acids is 1. The van der Waals surface area contributed by atoms with Crippen LogP contribution in [0, 0.1) is 0 Å². The van der Waals surface area contributed by atoms with E-state index in [1.165, 1.54) is 5.56 Å². The predicted molar refractivity (Wildman–Crippen MR) is 99.5 cm³/mol. The third-order valence-corrected chi connectivity index (χ3v) is 4.39. The standard InChI is InChI=1S/C20H30N2O2/c1-6-7-20(23)24-17-8-9-19-18(12-17)16(13-21-19)10-11-22(14(2)3)15(4)5/h8-9,12-15,21H,6-7,10-11H2,1-5H3. The lowest BCUT2D eigenvalue weighted by molar-refractivity contribution is -0.134. The molecule has 0 atom stereocenters. The Kier molecular flexibility index (Phi) is 6.44. The fourth-order valence-electron chi connectivity index (χ4n) is 3.18. The van der Waals surface area contributed by atoms with Crippen molar-refractivity contribution in [1.29, 1.82) is 0 Å². The Morgan fingerprint density at radius 3 is 2.54 bits per heavy atom. The highest BCUT2D eigenvalue weighted by Crippen LogP contribution is 2.25. The van der Waals surface area contributed by atoms with Gasteiger partial charge in [-0.2, -0.15) is 0 Å². The summed E-state index contributed by atoms with van der Waals surface area (Å²) in [5.41, 5.74) is 2.35. The maximum Gasteiger partial charge on any atom is 0.311 e. The zero-order chi connectivity index (χ0) is 17.7. The molecule has 24 heavy (non-hydrogen) atoms. The van der Waals surface area contributed by atoms with E-state index in [0.717, 1.165) is 30.3 Å². The molecule has 0 fully saturated rings. The lowest BCUT2D eigenvalue weighted by Crippen LogP contribution is -2.38. The molecule has 0 spiro atoms. The van der Waals surface area contributed by atoms with Crippen LogP contribution in [0.3, 0.4) is 0 Å². The van der Waals surface area contributed by atoms with Gasteiger partial charge in [0, 0.05) is 42.1 Å². The second kappa shape index (κ2) is 8.34. The molecule has 0 unspecified atom stereocenters. The van der Waals surface area contributed by atoms with Crippen LogP contribution in [-0.2, 0) is 11.2 Å². The van der Waals surface area contributed by atoms with E-state index in [-0.39, 0.29) is 5.97 Å². The molecule has 0 aliphatic rings. The van der Waals surface area contributed by atoms with Crippen molar-refractivity contribution in [3.05, 3.63) is 30.0 Å². The van der Waals surface area contributed by atoms with Crippen molar-refractivity contribution >= 4 is 16.9 Å². The Labute approximate surface area is 145 Å². The van der Waals surface area contributed by atoms with Gasteiger partial charge in [0.25, 0.3) is 0 Å². The highest BCUT2D eigenvalue weighted by atomic mass is 16.5. The number of aromatic amines is 1. The minimum absolute atomic E-state index is 0.167. The van der Waals surface area contributed by atoms with Crippen molar-refractivity contribution in [3.8, 4) is 5.75 Å². The van der Waals surface area contributed by atoms with E-state index in [2.05, 4.69) is 43.8 Å². The molecule has 1 aromatic heterocycles. The van der Waals surface area contributed by atoms with E-state index in [4.69, 9.17) is 4.74 Å². The van der Waals surface area contributed by atoms with Crippen molar-refractivity contribution in [2.45, 2.75) is 66.0 Å². The van der Waals surface area contributed by atoms with Crippen molar-refractivity contribution in [2.24, 2.45) is 0 Å². The average molecular weight is 330 g/mol. The number of carbonyl (C=O) groups is 1. The van der Waals surface area contributed by atoms with Crippen molar-refractivity contribution in [1.82, 2.24) is 9.88 Å². The van der Waals surface area contributed by atoms with Gasteiger partial charge in [-0.3, -0.25) is 9.69 Å². The van der Waals surface area contributed by atoms with Gasteiger partial charge >= 0.3 is 5.97 Å². The third kappa shape index (κ3) is 4.60. The van der Waals surface area contributed by atoms with Gasteiger partial charge in [-0.15, -0.1) is 0 Å². The first-order chi connectivity index (χ1) is 11.4. The summed E-state index contributed by atoms with van der Waals surface area (Å²) in [6.07, 6.45) is 4.30. The normalized spacial score (nSPS) is 11.8. The van der Waals surface area contributed by atoms with Gasteiger partial charge in [0.1, 0.15) is 5.75 Å². The Balaban J connectivity index is 2.14. The summed E-state index contributed by atoms with van der Waals surface area (Å²) >= 11 is 0. The van der Waals surface area contributed by atoms with Gasteiger partial charge in [-0.05, 0) is 64.3 Å². The molecule has 132 valence electrons. The highest BCUT2D eigenvalue weighted by molar-refractivity contribution is 5.85. The minimum Gasteiger partial charge on any atom is -0.427 e. The number of nitrogens with one attached hydrogen (secondary N) is 1. The van der Waals surface area contributed by atoms with Crippen LogP contribution in [0.25, 0.3) is 10.9 Å². The van der Waals surface area contributed by atoms with Crippen LogP contribution in [0.1, 0.15) is 53.0 Å². The van der Waals surface area contributed by atoms with E-state index in [1.807, 2.05) is 25.1 Å². The molecule has 0 aliphatic carbocycles. The first-order valence-electron chi connectivity index (χ1n) is 8.98. The number of nitrogens with zero attached hydrogens (tertiary/aromatic N) is 1. The molecule has 0 saturated carbocycles. The van der Waals surface area contributed by atoms with Crippen LogP contribution >= 0.6 is 0 Å². The molecule has 4 nitrogen and oxygen atoms in total. The van der Waals surface area contributed by atoms with Crippen LogP contribution in [0.15, 0.2) is 24.4 Å². The first kappa shape index (κ1) is 18.5. The first-order valence-corrected chi connectivity index (χ1v) is 8.98. The minimum atomic E-state index is -0.167. The van der Waals surface area contributed by atoms with Gasteiger partial charge in [0.2, 0.25) is 0 Å². The number of aromatic nitrogens is 1. The number of hydrogen-bond acceptors (Lipinski definition) is 3. The molecule has 0 saturated heterocycles. The molecular weight excluding hydrogens is 300 g/mol. The van der Waals surface area contributed by atoms with E-state index in [1.54, 1.807) is 0 Å². The van der Waals surface area contributed by atoms with Crippen LogP contribution < -0.4 is 4.74 Å². The molecule has 1 N–H and O–H groups in total. The monoisotopic (exact) mass is 330 g/mol. The highest BCUT2D eigenvalue weighted by Gasteiger charge is 2.14. The summed E-state index contributed by atoms with van der Waals surface area (Å²) in [6.45, 7) is 11.9. The predicted octanol–water partition coefficient (Wildman–Crippen LogP) is 4.53. The van der Waals surface area contributed by atoms with Crippen LogP contribution in [-0.4, -0.2) is 34.5 Å². The van der Waals surface area contributed by atoms with Gasteiger partial charge in [0.15, 0.2) is 0 Å². The number of ether oxygens (including phenoxy) is 1. The molecule has 0 aliphatic heterocycles. The molecule has 2 rings (SSSR count). The fourth-order valence-corrected chi connectivity index (χ4v) is 3.18. The number of fused-ring (bicyclic) bond motifs is 1. The van der Waals surface area contributed by atoms with Crippen LogP contribution in [0.4, 0.5) is 0 Å². The van der Waals surface area contributed by atoms with Gasteiger partial charge < -0.3 is 9.72 Å². The lowest BCUT2D eigenvalue weighted by Gasteiger charge is -2.30. The summed E-state index contributed by atoms with van der Waals surface area (Å²) in [4.78, 5) is 17.5. The molecule has 4 heteroatoms. The van der Waals surface area contributed by atoms with Crippen LogP contribution in [0.2, 0.25) is 0 Å². The Bertz CT molecular complexity index is 665. The Morgan fingerprint density at radius 1 is 1.21 bits per heavy atom. The molecule has 0 amide bonds. The maximum absolute atomic E-state index is 11.7. The summed E-state index contributed by atoms with van der Waals surface area (Å²) in [7, 11) is 0.